The molecule has 92 valence electrons. The van der Waals surface area contributed by atoms with Crippen LogP contribution in [0.4, 0.5) is 5.95 Å². The summed E-state index contributed by atoms with van der Waals surface area (Å²) >= 11 is 0. The van der Waals surface area contributed by atoms with Gasteiger partial charge in [0.2, 0.25) is 5.95 Å². The largest absolute Gasteiger partial charge is 0.490 e. The van der Waals surface area contributed by atoms with Gasteiger partial charge in [0.15, 0.2) is 0 Å². The lowest BCUT2D eigenvalue weighted by Gasteiger charge is -2.07. The predicted octanol–water partition coefficient (Wildman–Crippen LogP) is 2.73. The van der Waals surface area contributed by atoms with E-state index in [9.17, 15) is 0 Å². The highest BCUT2D eigenvalue weighted by atomic mass is 16.5. The van der Waals surface area contributed by atoms with Crippen molar-refractivity contribution >= 4 is 5.95 Å². The van der Waals surface area contributed by atoms with Crippen LogP contribution in [0.25, 0.3) is 11.1 Å². The lowest BCUT2D eigenvalue weighted by atomic mass is 10.1. The second-order valence-electron chi connectivity index (χ2n) is 4.39. The SMILES string of the molecule is CNc1ncc(-c2cccc(OC3CC3)c2)cn1. The van der Waals surface area contributed by atoms with Crippen LogP contribution < -0.4 is 10.1 Å². The van der Waals surface area contributed by atoms with Gasteiger partial charge in [-0.3, -0.25) is 0 Å². The van der Waals surface area contributed by atoms with Gasteiger partial charge in [0.05, 0.1) is 6.10 Å². The molecule has 0 unspecified atom stereocenters. The maximum absolute atomic E-state index is 5.78. The van der Waals surface area contributed by atoms with Gasteiger partial charge in [-0.05, 0) is 30.5 Å². The normalized spacial score (nSPS) is 14.3. The minimum Gasteiger partial charge on any atom is -0.490 e. The summed E-state index contributed by atoms with van der Waals surface area (Å²) in [6.07, 6.45) is 6.39. The topological polar surface area (TPSA) is 47.0 Å². The zero-order valence-corrected chi connectivity index (χ0v) is 10.3. The van der Waals surface area contributed by atoms with Gasteiger partial charge >= 0.3 is 0 Å². The van der Waals surface area contributed by atoms with Crippen LogP contribution in [-0.4, -0.2) is 23.1 Å². The molecule has 0 bridgehead atoms. The van der Waals surface area contributed by atoms with Crippen LogP contribution in [0.1, 0.15) is 12.8 Å². The second-order valence-corrected chi connectivity index (χ2v) is 4.39. The number of benzene rings is 1. The highest BCUT2D eigenvalue weighted by Gasteiger charge is 2.23. The summed E-state index contributed by atoms with van der Waals surface area (Å²) in [5.41, 5.74) is 2.08. The van der Waals surface area contributed by atoms with Crippen molar-refractivity contribution in [3.63, 3.8) is 0 Å². The Morgan fingerprint density at radius 2 is 1.94 bits per heavy atom. The number of hydrogen-bond donors (Lipinski definition) is 1. The Labute approximate surface area is 106 Å². The van der Waals surface area contributed by atoms with Gasteiger partial charge < -0.3 is 10.1 Å². The first-order valence-corrected chi connectivity index (χ1v) is 6.12. The quantitative estimate of drug-likeness (QED) is 0.894. The standard InChI is InChI=1S/C14H15N3O/c1-15-14-16-8-11(9-17-14)10-3-2-4-13(7-10)18-12-5-6-12/h2-4,7-9,12H,5-6H2,1H3,(H,15,16,17). The third-order valence-electron chi connectivity index (χ3n) is 2.87. The summed E-state index contributed by atoms with van der Waals surface area (Å²) in [6, 6.07) is 8.07. The van der Waals surface area contributed by atoms with Crippen LogP contribution in [-0.2, 0) is 0 Å². The van der Waals surface area contributed by atoms with Crippen molar-refractivity contribution in [1.82, 2.24) is 9.97 Å². The Balaban J connectivity index is 1.84. The molecule has 0 saturated heterocycles. The Morgan fingerprint density at radius 1 is 1.17 bits per heavy atom. The number of rotatable bonds is 4. The zero-order valence-electron chi connectivity index (χ0n) is 10.3. The molecule has 1 aliphatic rings. The van der Waals surface area contributed by atoms with Gasteiger partial charge in [-0.2, -0.15) is 0 Å². The van der Waals surface area contributed by atoms with Gasteiger partial charge in [-0.25, -0.2) is 9.97 Å². The van der Waals surface area contributed by atoms with E-state index in [2.05, 4.69) is 15.3 Å². The number of ether oxygens (including phenoxy) is 1. The maximum atomic E-state index is 5.78. The molecule has 3 rings (SSSR count). The van der Waals surface area contributed by atoms with Gasteiger partial charge in [-0.1, -0.05) is 12.1 Å². The summed E-state index contributed by atoms with van der Waals surface area (Å²) in [7, 11) is 1.80. The van der Waals surface area contributed by atoms with Crippen LogP contribution in [0.2, 0.25) is 0 Å². The fourth-order valence-corrected chi connectivity index (χ4v) is 1.73. The summed E-state index contributed by atoms with van der Waals surface area (Å²) in [4.78, 5) is 8.43. The Bertz CT molecular complexity index is 535. The molecule has 0 amide bonds. The van der Waals surface area contributed by atoms with Crippen LogP contribution in [0, 0.1) is 0 Å². The smallest absolute Gasteiger partial charge is 0.222 e. The average Bonchev–Trinajstić information content (AvgIpc) is 3.23. The molecular weight excluding hydrogens is 226 g/mol. The lowest BCUT2D eigenvalue weighted by Crippen LogP contribution is -1.97. The summed E-state index contributed by atoms with van der Waals surface area (Å²) in [6.45, 7) is 0. The lowest BCUT2D eigenvalue weighted by molar-refractivity contribution is 0.303. The van der Waals surface area contributed by atoms with Crippen LogP contribution in [0.5, 0.6) is 5.75 Å². The van der Waals surface area contributed by atoms with Crippen LogP contribution in [0.3, 0.4) is 0 Å². The van der Waals surface area contributed by atoms with Gasteiger partial charge in [0, 0.05) is 25.0 Å². The van der Waals surface area contributed by atoms with E-state index < -0.39 is 0 Å². The molecule has 0 atom stereocenters. The second kappa shape index (κ2) is 4.64. The van der Waals surface area contributed by atoms with Gasteiger partial charge in [-0.15, -0.1) is 0 Å². The maximum Gasteiger partial charge on any atom is 0.222 e. The van der Waals surface area contributed by atoms with Crippen LogP contribution >= 0.6 is 0 Å². The highest BCUT2D eigenvalue weighted by Crippen LogP contribution is 2.29. The van der Waals surface area contributed by atoms with E-state index in [1.807, 2.05) is 36.7 Å². The molecule has 1 aromatic heterocycles. The number of aromatic nitrogens is 2. The zero-order chi connectivity index (χ0) is 12.4. The average molecular weight is 241 g/mol. The Hall–Kier alpha value is -2.10. The van der Waals surface area contributed by atoms with E-state index in [1.165, 1.54) is 12.8 Å². The monoisotopic (exact) mass is 241 g/mol. The molecule has 1 fully saturated rings. The number of hydrogen-bond acceptors (Lipinski definition) is 4. The molecule has 4 heteroatoms. The molecule has 1 saturated carbocycles. The van der Waals surface area contributed by atoms with Crippen molar-refractivity contribution in [3.8, 4) is 16.9 Å². The van der Waals surface area contributed by atoms with E-state index in [-0.39, 0.29) is 0 Å². The number of anilines is 1. The van der Waals surface area contributed by atoms with E-state index in [4.69, 9.17) is 4.74 Å². The van der Waals surface area contributed by atoms with Gasteiger partial charge in [0.25, 0.3) is 0 Å². The van der Waals surface area contributed by atoms with Gasteiger partial charge in [0.1, 0.15) is 5.75 Å². The van der Waals surface area contributed by atoms with E-state index in [0.717, 1.165) is 16.9 Å². The fourth-order valence-electron chi connectivity index (χ4n) is 1.73. The van der Waals surface area contributed by atoms with Crippen molar-refractivity contribution in [2.75, 3.05) is 12.4 Å². The molecule has 1 aliphatic carbocycles. The molecule has 0 aliphatic heterocycles. The Kier molecular flexibility index (Phi) is 2.84. The molecule has 0 spiro atoms. The Morgan fingerprint density at radius 3 is 2.61 bits per heavy atom. The fraction of sp³-hybridized carbons (Fsp3) is 0.286. The predicted molar refractivity (Wildman–Crippen MR) is 70.7 cm³/mol. The van der Waals surface area contributed by atoms with E-state index >= 15 is 0 Å². The highest BCUT2D eigenvalue weighted by molar-refractivity contribution is 5.63. The van der Waals surface area contributed by atoms with Crippen molar-refractivity contribution in [2.24, 2.45) is 0 Å². The molecule has 2 aromatic rings. The van der Waals surface area contributed by atoms with Crippen molar-refractivity contribution in [2.45, 2.75) is 18.9 Å². The first-order valence-electron chi connectivity index (χ1n) is 6.12. The molecule has 4 nitrogen and oxygen atoms in total. The third kappa shape index (κ3) is 2.42. The molecule has 1 aromatic carbocycles. The van der Waals surface area contributed by atoms with Crippen LogP contribution in [0.15, 0.2) is 36.7 Å². The summed E-state index contributed by atoms with van der Waals surface area (Å²) < 4.78 is 5.78. The molecule has 18 heavy (non-hydrogen) atoms. The number of nitrogens with one attached hydrogen (secondary N) is 1. The number of nitrogens with zero attached hydrogens (tertiary/aromatic N) is 2. The van der Waals surface area contributed by atoms with Crippen molar-refractivity contribution in [1.29, 1.82) is 0 Å². The summed E-state index contributed by atoms with van der Waals surface area (Å²) in [5.74, 6) is 1.55. The first-order chi connectivity index (χ1) is 8.85. The molecular formula is C14H15N3O. The molecule has 0 radical (unpaired) electrons. The molecule has 1 N–H and O–H groups in total. The van der Waals surface area contributed by atoms with E-state index in [0.29, 0.717) is 12.1 Å². The minimum absolute atomic E-state index is 0.420. The van der Waals surface area contributed by atoms with Crippen molar-refractivity contribution < 1.29 is 4.74 Å². The molecule has 1 heterocycles. The van der Waals surface area contributed by atoms with Crippen molar-refractivity contribution in [3.05, 3.63) is 36.7 Å². The summed E-state index contributed by atoms with van der Waals surface area (Å²) in [5, 5.41) is 2.90. The minimum atomic E-state index is 0.420. The third-order valence-corrected chi connectivity index (χ3v) is 2.87. The van der Waals surface area contributed by atoms with E-state index in [1.54, 1.807) is 7.05 Å². The first kappa shape index (κ1) is 11.0.